The van der Waals surface area contributed by atoms with Crippen LogP contribution in [0.3, 0.4) is 0 Å². The molecule has 0 aromatic heterocycles. The van der Waals surface area contributed by atoms with E-state index in [9.17, 15) is 0 Å². The van der Waals surface area contributed by atoms with Crippen LogP contribution in [0.15, 0.2) is 0 Å². The van der Waals surface area contributed by atoms with Crippen LogP contribution in [-0.4, -0.2) is 13.1 Å². The van der Waals surface area contributed by atoms with Crippen LogP contribution >= 0.6 is 38.7 Å². The van der Waals surface area contributed by atoms with Gasteiger partial charge >= 0.3 is 49.9 Å². The molecule has 0 bridgehead atoms. The van der Waals surface area contributed by atoms with Gasteiger partial charge in [0.25, 0.3) is 0 Å². The third kappa shape index (κ3) is 31.6. The van der Waals surface area contributed by atoms with E-state index in [0.717, 1.165) is 0 Å². The van der Waals surface area contributed by atoms with E-state index in [1.807, 2.05) is 0 Å². The molecule has 0 unspecified atom stereocenters. The minimum atomic E-state index is 0.347. The summed E-state index contributed by atoms with van der Waals surface area (Å²) in [4.78, 5) is 0. The average molecular weight is 508 g/mol. The number of hydrogen-bond acceptors (Lipinski definition) is 1. The molecule has 0 aromatic rings. The monoisotopic (exact) mass is 508 g/mol. The van der Waals surface area contributed by atoms with Crippen molar-refractivity contribution in [1.82, 2.24) is 0 Å². The number of rotatable bonds is 1. The molecule has 0 rings (SSSR count). The molecule has 0 heterocycles. The van der Waals surface area contributed by atoms with Crippen LogP contribution in [0.5, 0.6) is 0 Å². The normalized spacial score (nSPS) is 7.43. The molecule has 0 aliphatic heterocycles. The van der Waals surface area contributed by atoms with Crippen molar-refractivity contribution in [2.75, 3.05) is 13.1 Å². The van der Waals surface area contributed by atoms with Crippen LogP contribution in [0.25, 0.3) is 5.73 Å². The summed E-state index contributed by atoms with van der Waals surface area (Å²) in [6.07, 6.45) is 0. The molecule has 0 saturated carbocycles. The van der Waals surface area contributed by atoms with Crippen LogP contribution in [0.2, 0.25) is 0 Å². The van der Waals surface area contributed by atoms with Gasteiger partial charge in [0.05, 0.1) is 0 Å². The van der Waals surface area contributed by atoms with Crippen molar-refractivity contribution < 1.29 is 11.2 Å². The molecule has 0 spiro atoms. The van der Waals surface area contributed by atoms with E-state index >= 15 is 0 Å². The van der Waals surface area contributed by atoms with E-state index < -0.39 is 0 Å². The van der Waals surface area contributed by atoms with Crippen LogP contribution in [0, 0.1) is 0 Å². The maximum absolute atomic E-state index is 6.33. The fourth-order valence-electron chi connectivity index (χ4n) is 0. The third-order valence-electron chi connectivity index (χ3n) is 0.144. The van der Waals surface area contributed by atoms with Crippen LogP contribution < -0.4 is 5.73 Å². The summed E-state index contributed by atoms with van der Waals surface area (Å²) in [6.45, 7) is 0.833. The van der Waals surface area contributed by atoms with Gasteiger partial charge in [-0.3, -0.25) is 0 Å². The molecule has 0 saturated heterocycles. The molecule has 0 fully saturated rings. The summed E-state index contributed by atoms with van der Waals surface area (Å²) in [5.41, 5.74) is 11.2. The van der Waals surface area contributed by atoms with Crippen molar-refractivity contribution in [1.29, 1.82) is 0 Å². The van der Waals surface area contributed by atoms with Gasteiger partial charge in [0.15, 0.2) is 0 Å². The molecular weight excluding hydrogens is 501 g/mol. The first-order valence-electron chi connectivity index (χ1n) is 1.50. The molecule has 3 N–H and O–H groups in total. The van der Waals surface area contributed by atoms with Crippen LogP contribution in [0.1, 0.15) is 0 Å². The topological polar surface area (TPSA) is 49.8 Å². The Labute approximate surface area is 73.3 Å². The Balaban J connectivity index is 0. The molecule has 0 amide bonds. The van der Waals surface area contributed by atoms with Gasteiger partial charge in [-0.25, -0.2) is 0 Å². The summed E-state index contributed by atoms with van der Waals surface area (Å²) < 4.78 is 0. The largest absolute Gasteiger partial charge is 0.676 e. The minimum Gasteiger partial charge on any atom is -0.676 e. The third-order valence-corrected chi connectivity index (χ3v) is 0.144. The van der Waals surface area contributed by atoms with E-state index in [2.05, 4.69) is 38.7 Å². The first-order chi connectivity index (χ1) is 3.33. The second-order valence-corrected chi connectivity index (χ2v) is 17.2. The van der Waals surface area contributed by atoms with Crippen molar-refractivity contribution in [3.05, 3.63) is 5.73 Å². The molecule has 0 radical (unpaired) electrons. The van der Waals surface area contributed by atoms with Crippen molar-refractivity contribution in [2.24, 2.45) is 5.73 Å². The van der Waals surface area contributed by atoms with Gasteiger partial charge < -0.3 is 11.5 Å². The number of nitrogens with two attached hydrogens (primary N) is 1. The van der Waals surface area contributed by atoms with Crippen molar-refractivity contribution in [2.45, 2.75) is 0 Å². The van der Waals surface area contributed by atoms with Gasteiger partial charge in [0.2, 0.25) is 0 Å². The Bertz CT molecular complexity index is 21.2. The Morgan fingerprint density at radius 1 is 1.57 bits per heavy atom. The fraction of sp³-hybridized carbons (Fsp3) is 1.00. The Morgan fingerprint density at radius 3 is 1.71 bits per heavy atom. The van der Waals surface area contributed by atoms with Gasteiger partial charge in [-0.2, -0.15) is 0 Å². The summed E-state index contributed by atoms with van der Waals surface area (Å²) >= 11 is 5.30. The second kappa shape index (κ2) is 15.7. The summed E-state index contributed by atoms with van der Waals surface area (Å²) in [5, 5.41) is 0. The Kier molecular flexibility index (Phi) is 26.5. The second-order valence-electron chi connectivity index (χ2n) is 0.584. The maximum atomic E-state index is 6.33. The van der Waals surface area contributed by atoms with Gasteiger partial charge in [-0.1, -0.05) is 0 Å². The fourth-order valence-corrected chi connectivity index (χ4v) is 0. The predicted octanol–water partition coefficient (Wildman–Crippen LogP) is 1.77. The first kappa shape index (κ1) is 11.8. The molecule has 0 aromatic carbocycles. The zero-order valence-corrected chi connectivity index (χ0v) is 10.2. The van der Waals surface area contributed by atoms with Crippen molar-refractivity contribution >= 4 is 38.7 Å². The van der Waals surface area contributed by atoms with Gasteiger partial charge in [0.1, 0.15) is 0 Å². The molecule has 5 heteroatoms. The molecule has 0 aliphatic carbocycles. The van der Waals surface area contributed by atoms with E-state index in [-0.39, 0.29) is 0 Å². The number of hydrogen-bond donors (Lipinski definition) is 1. The van der Waals surface area contributed by atoms with E-state index in [1.165, 1.54) is 0 Å². The smallest absolute Gasteiger partial charge is 0.0268 e. The summed E-state index contributed by atoms with van der Waals surface area (Å²) in [6, 6.07) is 0. The quantitative estimate of drug-likeness (QED) is 0.540. The van der Waals surface area contributed by atoms with Gasteiger partial charge in [-0.05, 0) is 6.54 Å². The van der Waals surface area contributed by atoms with E-state index in [0.29, 0.717) is 24.3 Å². The molecule has 0 atom stereocenters. The van der Waals surface area contributed by atoms with E-state index in [4.69, 9.17) is 11.5 Å². The van der Waals surface area contributed by atoms with Crippen molar-refractivity contribution in [3.63, 3.8) is 0 Å². The maximum Gasteiger partial charge on any atom is -0.0268 e. The SMILES string of the molecule is [I][Pt][I].[NH-]CCN. The first-order valence-corrected chi connectivity index (χ1v) is 14.4. The predicted molar refractivity (Wildman–Crippen MR) is 46.3 cm³/mol. The Morgan fingerprint density at radius 2 is 1.71 bits per heavy atom. The molecular formula is C2H7I2N2Pt-. The van der Waals surface area contributed by atoms with Gasteiger partial charge in [-0.15, -0.1) is 6.54 Å². The molecule has 7 heavy (non-hydrogen) atoms. The number of halogens is 2. The summed E-state index contributed by atoms with van der Waals surface area (Å²) in [5.74, 6) is 0. The molecule has 50 valence electrons. The van der Waals surface area contributed by atoms with Crippen LogP contribution in [0.4, 0.5) is 0 Å². The zero-order valence-electron chi connectivity index (χ0n) is 3.56. The molecule has 2 nitrogen and oxygen atoms in total. The standard InChI is InChI=1S/C2H7N2.2HI.Pt/c3-1-2-4;;;/h3H,1-2,4H2;2*1H;/q-1;;;+2/p-2. The van der Waals surface area contributed by atoms with E-state index in [1.54, 1.807) is 0 Å². The average Bonchev–Trinajstić information content (AvgIpc) is 1.69. The number of nitrogens with one attached hydrogen (secondary N) is 1. The minimum absolute atomic E-state index is 0.347. The zero-order chi connectivity index (χ0) is 6.12. The van der Waals surface area contributed by atoms with Crippen LogP contribution in [-0.2, 0) is 11.2 Å². The van der Waals surface area contributed by atoms with Gasteiger partial charge in [0, 0.05) is 0 Å². The molecule has 0 aliphatic rings. The Hall–Kier alpha value is 2.07. The summed E-state index contributed by atoms with van der Waals surface area (Å²) in [7, 11) is 0. The van der Waals surface area contributed by atoms with Crippen molar-refractivity contribution in [3.8, 4) is 0 Å².